The first-order valence-electron chi connectivity index (χ1n) is 11.2. The van der Waals surface area contributed by atoms with Gasteiger partial charge < -0.3 is 19.7 Å². The van der Waals surface area contributed by atoms with Gasteiger partial charge in [0.2, 0.25) is 0 Å². The zero-order chi connectivity index (χ0) is 19.5. The number of ether oxygens (including phenoxy) is 2. The van der Waals surface area contributed by atoms with Gasteiger partial charge in [-0.25, -0.2) is 0 Å². The van der Waals surface area contributed by atoms with Crippen LogP contribution in [0.5, 0.6) is 0 Å². The first kappa shape index (κ1) is 20.1. The number of fused-ring (bicyclic) bond motifs is 5. The lowest BCUT2D eigenvalue weighted by Crippen LogP contribution is -2.60. The molecule has 1 saturated heterocycles. The van der Waals surface area contributed by atoms with Crippen molar-refractivity contribution >= 4 is 0 Å². The second kappa shape index (κ2) is 6.68. The molecule has 4 fully saturated rings. The van der Waals surface area contributed by atoms with Gasteiger partial charge in [0.05, 0.1) is 31.0 Å². The van der Waals surface area contributed by atoms with E-state index >= 15 is 0 Å². The predicted molar refractivity (Wildman–Crippen MR) is 105 cm³/mol. The van der Waals surface area contributed by atoms with Crippen LogP contribution in [0, 0.1) is 34.5 Å². The molecule has 4 heteroatoms. The summed E-state index contributed by atoms with van der Waals surface area (Å²) in [6.45, 7) is 11.4. The van der Waals surface area contributed by atoms with E-state index in [4.69, 9.17) is 9.47 Å². The molecule has 7 unspecified atom stereocenters. The highest BCUT2D eigenvalue weighted by molar-refractivity contribution is 5.13. The molecule has 4 aliphatic rings. The lowest BCUT2D eigenvalue weighted by molar-refractivity contribution is -0.201. The molecule has 0 amide bonds. The Morgan fingerprint density at radius 1 is 0.778 bits per heavy atom. The van der Waals surface area contributed by atoms with Crippen molar-refractivity contribution in [2.24, 2.45) is 34.5 Å². The minimum Gasteiger partial charge on any atom is -0.390 e. The van der Waals surface area contributed by atoms with Crippen LogP contribution in [-0.4, -0.2) is 47.8 Å². The summed E-state index contributed by atoms with van der Waals surface area (Å²) in [5, 5.41) is 23.0. The van der Waals surface area contributed by atoms with E-state index in [1.807, 2.05) is 6.92 Å². The van der Waals surface area contributed by atoms with Crippen LogP contribution in [-0.2, 0) is 9.47 Å². The molecule has 3 saturated carbocycles. The Balaban J connectivity index is 1.56. The Hall–Kier alpha value is -0.160. The van der Waals surface area contributed by atoms with Crippen molar-refractivity contribution < 1.29 is 19.7 Å². The third-order valence-electron chi connectivity index (χ3n) is 9.15. The topological polar surface area (TPSA) is 58.9 Å². The van der Waals surface area contributed by atoms with Crippen molar-refractivity contribution in [3.8, 4) is 0 Å². The van der Waals surface area contributed by atoms with Gasteiger partial charge in [0.25, 0.3) is 0 Å². The molecule has 1 heterocycles. The molecule has 4 nitrogen and oxygen atoms in total. The normalized spacial score (nSPS) is 53.1. The molecular weight excluding hydrogens is 340 g/mol. The SMILES string of the molecule is CC1(C)COCCC2(O)C(CCC3C2CCC2(C)C3CCC2(C)O)COC1. The monoisotopic (exact) mass is 380 g/mol. The van der Waals surface area contributed by atoms with Gasteiger partial charge >= 0.3 is 0 Å². The second-order valence-electron chi connectivity index (χ2n) is 11.4. The van der Waals surface area contributed by atoms with Crippen molar-refractivity contribution in [3.63, 3.8) is 0 Å². The van der Waals surface area contributed by atoms with Crippen molar-refractivity contribution in [2.45, 2.75) is 83.8 Å². The molecule has 156 valence electrons. The average Bonchev–Trinajstić information content (AvgIpc) is 2.83. The van der Waals surface area contributed by atoms with E-state index in [0.29, 0.717) is 44.2 Å². The van der Waals surface area contributed by atoms with Crippen LogP contribution >= 0.6 is 0 Å². The van der Waals surface area contributed by atoms with Crippen LogP contribution < -0.4 is 0 Å². The lowest BCUT2D eigenvalue weighted by atomic mass is 9.49. The molecule has 0 radical (unpaired) electrons. The second-order valence-corrected chi connectivity index (χ2v) is 11.4. The van der Waals surface area contributed by atoms with E-state index < -0.39 is 11.2 Å². The molecular formula is C23H40O4. The molecule has 27 heavy (non-hydrogen) atoms. The Morgan fingerprint density at radius 2 is 1.48 bits per heavy atom. The van der Waals surface area contributed by atoms with Crippen molar-refractivity contribution in [1.29, 1.82) is 0 Å². The fourth-order valence-electron chi connectivity index (χ4n) is 7.22. The zero-order valence-corrected chi connectivity index (χ0v) is 17.8. The zero-order valence-electron chi connectivity index (χ0n) is 17.8. The predicted octanol–water partition coefficient (Wildman–Crippen LogP) is 3.78. The highest BCUT2D eigenvalue weighted by atomic mass is 16.5. The molecule has 0 aromatic rings. The molecule has 3 aliphatic carbocycles. The minimum absolute atomic E-state index is 0.00434. The van der Waals surface area contributed by atoms with Gasteiger partial charge in [-0.2, -0.15) is 0 Å². The summed E-state index contributed by atoms with van der Waals surface area (Å²) in [6.07, 6.45) is 6.97. The number of aliphatic hydroxyl groups is 2. The van der Waals surface area contributed by atoms with Crippen LogP contribution in [0.1, 0.15) is 72.6 Å². The third kappa shape index (κ3) is 3.19. The van der Waals surface area contributed by atoms with E-state index in [1.165, 1.54) is 6.42 Å². The fraction of sp³-hybridized carbons (Fsp3) is 1.00. The first-order valence-corrected chi connectivity index (χ1v) is 11.2. The average molecular weight is 381 g/mol. The van der Waals surface area contributed by atoms with Gasteiger partial charge in [-0.1, -0.05) is 20.8 Å². The van der Waals surface area contributed by atoms with E-state index in [9.17, 15) is 10.2 Å². The van der Waals surface area contributed by atoms with Gasteiger partial charge in [-0.3, -0.25) is 0 Å². The molecule has 2 N–H and O–H groups in total. The Morgan fingerprint density at radius 3 is 2.26 bits per heavy atom. The maximum absolute atomic E-state index is 11.9. The van der Waals surface area contributed by atoms with E-state index in [2.05, 4.69) is 20.8 Å². The molecule has 0 aromatic carbocycles. The van der Waals surface area contributed by atoms with Crippen LogP contribution in [0.2, 0.25) is 0 Å². The Labute approximate surface area is 165 Å². The van der Waals surface area contributed by atoms with Gasteiger partial charge in [-0.05, 0) is 68.6 Å². The summed E-state index contributed by atoms with van der Waals surface area (Å²) in [5.41, 5.74) is -1.20. The maximum atomic E-state index is 11.9. The minimum atomic E-state index is -0.680. The van der Waals surface area contributed by atoms with Crippen molar-refractivity contribution in [2.75, 3.05) is 26.4 Å². The third-order valence-corrected chi connectivity index (χ3v) is 9.15. The summed E-state index contributed by atoms with van der Waals surface area (Å²) in [5.74, 6) is 1.59. The summed E-state index contributed by atoms with van der Waals surface area (Å²) in [7, 11) is 0. The largest absolute Gasteiger partial charge is 0.390 e. The Kier molecular flexibility index (Phi) is 4.98. The smallest absolute Gasteiger partial charge is 0.0750 e. The summed E-state index contributed by atoms with van der Waals surface area (Å²) in [6, 6.07) is 0. The maximum Gasteiger partial charge on any atom is 0.0750 e. The van der Waals surface area contributed by atoms with Crippen LogP contribution in [0.25, 0.3) is 0 Å². The van der Waals surface area contributed by atoms with Gasteiger partial charge in [0, 0.05) is 24.4 Å². The van der Waals surface area contributed by atoms with Crippen LogP contribution in [0.4, 0.5) is 0 Å². The highest BCUT2D eigenvalue weighted by Gasteiger charge is 2.63. The van der Waals surface area contributed by atoms with Gasteiger partial charge in [0.15, 0.2) is 0 Å². The number of rotatable bonds is 0. The summed E-state index contributed by atoms with van der Waals surface area (Å²) < 4.78 is 12.1. The van der Waals surface area contributed by atoms with E-state index in [1.54, 1.807) is 0 Å². The van der Waals surface area contributed by atoms with Crippen molar-refractivity contribution in [1.82, 2.24) is 0 Å². The standard InChI is InChI=1S/C23H40O4/c1-20(2)14-26-12-11-23(25)16(13-27-15-20)5-6-17-18-8-10-22(4,24)21(18,3)9-7-19(17)23/h16-19,24-25H,5-15H2,1-4H3. The summed E-state index contributed by atoms with van der Waals surface area (Å²) >= 11 is 0. The molecule has 0 spiro atoms. The quantitative estimate of drug-likeness (QED) is 0.671. The van der Waals surface area contributed by atoms with Crippen LogP contribution in [0.3, 0.4) is 0 Å². The highest BCUT2D eigenvalue weighted by Crippen LogP contribution is 2.65. The number of hydrogen-bond acceptors (Lipinski definition) is 4. The van der Waals surface area contributed by atoms with E-state index in [0.717, 1.165) is 38.5 Å². The van der Waals surface area contributed by atoms with Gasteiger partial charge in [-0.15, -0.1) is 0 Å². The van der Waals surface area contributed by atoms with E-state index in [-0.39, 0.29) is 16.7 Å². The molecule has 0 aromatic heterocycles. The molecule has 1 aliphatic heterocycles. The lowest BCUT2D eigenvalue weighted by Gasteiger charge is -2.59. The van der Waals surface area contributed by atoms with Gasteiger partial charge in [0.1, 0.15) is 0 Å². The molecule has 0 bridgehead atoms. The molecule has 7 atom stereocenters. The van der Waals surface area contributed by atoms with Crippen molar-refractivity contribution in [3.05, 3.63) is 0 Å². The first-order chi connectivity index (χ1) is 12.6. The van der Waals surface area contributed by atoms with Crippen LogP contribution in [0.15, 0.2) is 0 Å². The molecule has 4 rings (SSSR count). The Bertz CT molecular complexity index is 559. The fourth-order valence-corrected chi connectivity index (χ4v) is 7.22. The number of hydrogen-bond donors (Lipinski definition) is 2. The summed E-state index contributed by atoms with van der Waals surface area (Å²) in [4.78, 5) is 0.